The van der Waals surface area contributed by atoms with Gasteiger partial charge in [0.2, 0.25) is 5.75 Å². The largest absolute Gasteiger partial charge is 0.502 e. The zero-order chi connectivity index (χ0) is 20.8. The van der Waals surface area contributed by atoms with Crippen LogP contribution in [0.15, 0.2) is 35.4 Å². The minimum atomic E-state index is -0.984. The molecule has 0 radical (unpaired) electrons. The first-order valence-corrected chi connectivity index (χ1v) is 8.00. The Balaban J connectivity index is 2.06. The van der Waals surface area contributed by atoms with Gasteiger partial charge in [0.1, 0.15) is 5.75 Å². The van der Waals surface area contributed by atoms with Gasteiger partial charge in [0, 0.05) is 11.1 Å². The number of hydrogen-bond donors (Lipinski definition) is 2. The Labute approximate surface area is 166 Å². The third-order valence-corrected chi connectivity index (χ3v) is 3.69. The number of non-ortho nitro benzene ring substituents is 1. The maximum atomic E-state index is 11.7. The number of nitro benzene ring substituents is 2. The summed E-state index contributed by atoms with van der Waals surface area (Å²) in [6.07, 6.45) is 0.822. The Morgan fingerprint density at radius 3 is 2.54 bits per heavy atom. The topological polar surface area (TPSA) is 157 Å². The number of hydrazone groups is 1. The van der Waals surface area contributed by atoms with E-state index >= 15 is 0 Å². The first-order chi connectivity index (χ1) is 13.2. The molecule has 0 atom stereocenters. The monoisotopic (exact) mass is 428 g/mol. The summed E-state index contributed by atoms with van der Waals surface area (Å²) in [5, 5.41) is 35.6. The van der Waals surface area contributed by atoms with Crippen molar-refractivity contribution in [3.8, 4) is 11.5 Å². The summed E-state index contributed by atoms with van der Waals surface area (Å²) in [6, 6.07) is 5.86. The van der Waals surface area contributed by atoms with Crippen molar-refractivity contribution in [2.45, 2.75) is 0 Å². The summed E-state index contributed by atoms with van der Waals surface area (Å²) < 4.78 is 5.18. The SMILES string of the molecule is O=C(COc1ccc(Cl)cc1Cl)NN=Cc1cc([N+](=O)[O-])cc([N+](=O)[O-])c1O. The van der Waals surface area contributed by atoms with E-state index in [0.717, 1.165) is 12.3 Å². The second-order valence-electron chi connectivity index (χ2n) is 5.07. The lowest BCUT2D eigenvalue weighted by atomic mass is 10.1. The Hall–Kier alpha value is -3.44. The average Bonchev–Trinajstić information content (AvgIpc) is 2.61. The fourth-order valence-corrected chi connectivity index (χ4v) is 2.37. The molecule has 0 aliphatic heterocycles. The zero-order valence-corrected chi connectivity index (χ0v) is 15.2. The molecule has 2 N–H and O–H groups in total. The van der Waals surface area contributed by atoms with Gasteiger partial charge in [-0.2, -0.15) is 5.10 Å². The molecule has 146 valence electrons. The van der Waals surface area contributed by atoms with E-state index in [1.54, 1.807) is 0 Å². The van der Waals surface area contributed by atoms with Crippen molar-refractivity contribution in [1.82, 2.24) is 5.43 Å². The number of carbonyl (C=O) groups excluding carboxylic acids is 1. The van der Waals surface area contributed by atoms with Crippen molar-refractivity contribution in [1.29, 1.82) is 0 Å². The molecule has 0 heterocycles. The van der Waals surface area contributed by atoms with Crippen LogP contribution in [0, 0.1) is 20.2 Å². The maximum absolute atomic E-state index is 11.7. The number of nitrogens with zero attached hydrogens (tertiary/aromatic N) is 3. The van der Waals surface area contributed by atoms with Crippen LogP contribution < -0.4 is 10.2 Å². The summed E-state index contributed by atoms with van der Waals surface area (Å²) in [6.45, 7) is -0.472. The highest BCUT2D eigenvalue weighted by atomic mass is 35.5. The van der Waals surface area contributed by atoms with Gasteiger partial charge in [-0.25, -0.2) is 5.43 Å². The van der Waals surface area contributed by atoms with Crippen molar-refractivity contribution in [3.05, 3.63) is 66.2 Å². The molecule has 28 heavy (non-hydrogen) atoms. The number of benzene rings is 2. The van der Waals surface area contributed by atoms with E-state index in [9.17, 15) is 30.1 Å². The number of phenolic OH excluding ortho intramolecular Hbond substituents is 1. The van der Waals surface area contributed by atoms with Gasteiger partial charge < -0.3 is 9.84 Å². The maximum Gasteiger partial charge on any atom is 0.318 e. The van der Waals surface area contributed by atoms with Crippen LogP contribution in [0.4, 0.5) is 11.4 Å². The summed E-state index contributed by atoms with van der Waals surface area (Å²) >= 11 is 11.6. The number of nitrogens with one attached hydrogen (secondary N) is 1. The van der Waals surface area contributed by atoms with Crippen LogP contribution in [0.3, 0.4) is 0 Å². The smallest absolute Gasteiger partial charge is 0.318 e. The number of nitro groups is 2. The average molecular weight is 429 g/mol. The number of halogens is 2. The molecule has 2 rings (SSSR count). The predicted octanol–water partition coefficient (Wildman–Crippen LogP) is 3.04. The Kier molecular flexibility index (Phi) is 6.69. The molecule has 11 nitrogen and oxygen atoms in total. The highest BCUT2D eigenvalue weighted by Crippen LogP contribution is 2.33. The Bertz CT molecular complexity index is 981. The van der Waals surface area contributed by atoms with E-state index < -0.39 is 39.5 Å². The molecule has 0 unspecified atom stereocenters. The van der Waals surface area contributed by atoms with Crippen LogP contribution >= 0.6 is 23.2 Å². The Morgan fingerprint density at radius 1 is 1.21 bits per heavy atom. The molecule has 0 bridgehead atoms. The number of ether oxygens (including phenoxy) is 1. The van der Waals surface area contributed by atoms with E-state index in [4.69, 9.17) is 27.9 Å². The van der Waals surface area contributed by atoms with Gasteiger partial charge in [0.15, 0.2) is 6.61 Å². The van der Waals surface area contributed by atoms with Crippen molar-refractivity contribution in [2.24, 2.45) is 5.10 Å². The third-order valence-electron chi connectivity index (χ3n) is 3.16. The van der Waals surface area contributed by atoms with Crippen molar-refractivity contribution >= 4 is 46.7 Å². The number of phenols is 1. The zero-order valence-electron chi connectivity index (χ0n) is 13.7. The van der Waals surface area contributed by atoms with Gasteiger partial charge in [0.05, 0.1) is 32.7 Å². The molecule has 13 heteroatoms. The van der Waals surface area contributed by atoms with Crippen molar-refractivity contribution < 1.29 is 24.5 Å². The van der Waals surface area contributed by atoms with Gasteiger partial charge in [-0.1, -0.05) is 23.2 Å². The molecular weight excluding hydrogens is 419 g/mol. The van der Waals surface area contributed by atoms with Crippen LogP contribution in [-0.4, -0.2) is 33.7 Å². The molecular formula is C15H10Cl2N4O7. The van der Waals surface area contributed by atoms with E-state index in [1.165, 1.54) is 18.2 Å². The molecule has 2 aromatic carbocycles. The number of aromatic hydroxyl groups is 1. The molecule has 0 fully saturated rings. The van der Waals surface area contributed by atoms with Crippen LogP contribution in [0.2, 0.25) is 10.0 Å². The molecule has 0 saturated heterocycles. The standard InChI is InChI=1S/C15H10Cl2N4O7/c16-9-1-2-13(11(17)4-9)28-7-14(22)19-18-6-8-3-10(20(24)25)5-12(15(8)23)21(26)27/h1-6,23H,7H2,(H,19,22). The number of hydrogen-bond acceptors (Lipinski definition) is 8. The molecule has 0 aliphatic carbocycles. The fraction of sp³-hybridized carbons (Fsp3) is 0.0667. The predicted molar refractivity (Wildman–Crippen MR) is 99.1 cm³/mol. The van der Waals surface area contributed by atoms with Crippen molar-refractivity contribution in [2.75, 3.05) is 6.61 Å². The normalized spacial score (nSPS) is 10.6. The fourth-order valence-electron chi connectivity index (χ4n) is 1.91. The van der Waals surface area contributed by atoms with Crippen LogP contribution in [-0.2, 0) is 4.79 Å². The molecule has 0 aliphatic rings. The van der Waals surface area contributed by atoms with Gasteiger partial charge in [-0.3, -0.25) is 25.0 Å². The van der Waals surface area contributed by atoms with E-state index in [1.807, 2.05) is 5.43 Å². The lowest BCUT2D eigenvalue weighted by Crippen LogP contribution is -2.24. The molecule has 0 saturated carbocycles. The Morgan fingerprint density at radius 2 is 1.93 bits per heavy atom. The van der Waals surface area contributed by atoms with Crippen LogP contribution in [0.25, 0.3) is 0 Å². The highest BCUT2D eigenvalue weighted by Gasteiger charge is 2.23. The van der Waals surface area contributed by atoms with Gasteiger partial charge in [0.25, 0.3) is 11.6 Å². The minimum absolute atomic E-state index is 0.192. The molecule has 1 amide bonds. The van der Waals surface area contributed by atoms with Gasteiger partial charge in [-0.05, 0) is 18.2 Å². The highest BCUT2D eigenvalue weighted by molar-refractivity contribution is 6.35. The van der Waals surface area contributed by atoms with E-state index in [-0.39, 0.29) is 16.3 Å². The van der Waals surface area contributed by atoms with Crippen molar-refractivity contribution in [3.63, 3.8) is 0 Å². The first kappa shape index (κ1) is 20.9. The number of carbonyl (C=O) groups is 1. The van der Waals surface area contributed by atoms with Gasteiger partial charge in [-0.15, -0.1) is 0 Å². The molecule has 0 spiro atoms. The van der Waals surface area contributed by atoms with Crippen LogP contribution in [0.1, 0.15) is 5.56 Å². The first-order valence-electron chi connectivity index (χ1n) is 7.24. The number of rotatable bonds is 7. The molecule has 0 aromatic heterocycles. The van der Waals surface area contributed by atoms with E-state index in [0.29, 0.717) is 11.1 Å². The third kappa shape index (κ3) is 5.28. The summed E-state index contributed by atoms with van der Waals surface area (Å²) in [7, 11) is 0. The second-order valence-corrected chi connectivity index (χ2v) is 5.92. The summed E-state index contributed by atoms with van der Waals surface area (Å²) in [4.78, 5) is 31.6. The van der Waals surface area contributed by atoms with Crippen LogP contribution in [0.5, 0.6) is 11.5 Å². The summed E-state index contributed by atoms with van der Waals surface area (Å²) in [5.74, 6) is -1.35. The lowest BCUT2D eigenvalue weighted by Gasteiger charge is -2.07. The summed E-state index contributed by atoms with van der Waals surface area (Å²) in [5.41, 5.74) is 0.212. The molecule has 2 aromatic rings. The second kappa shape index (κ2) is 8.97. The quantitative estimate of drug-likeness (QED) is 0.389. The van der Waals surface area contributed by atoms with E-state index in [2.05, 4.69) is 5.10 Å². The van der Waals surface area contributed by atoms with Gasteiger partial charge >= 0.3 is 5.69 Å². The minimum Gasteiger partial charge on any atom is -0.502 e. The number of amides is 1. The lowest BCUT2D eigenvalue weighted by molar-refractivity contribution is -0.394.